The zero-order valence-corrected chi connectivity index (χ0v) is 8.59. The van der Waals surface area contributed by atoms with Crippen molar-refractivity contribution in [3.8, 4) is 0 Å². The van der Waals surface area contributed by atoms with Gasteiger partial charge in [-0.25, -0.2) is 4.98 Å². The number of aromatic nitrogens is 2. The topological polar surface area (TPSA) is 28.7 Å². The highest BCUT2D eigenvalue weighted by atomic mass is 32.1. The van der Waals surface area contributed by atoms with E-state index in [9.17, 15) is 0 Å². The molecule has 0 amide bonds. The van der Waals surface area contributed by atoms with Crippen molar-refractivity contribution in [1.29, 1.82) is 0 Å². The number of nitrogens with zero attached hydrogens (tertiary/aromatic N) is 1. The van der Waals surface area contributed by atoms with Crippen molar-refractivity contribution in [2.75, 3.05) is 0 Å². The molecule has 0 saturated carbocycles. The third-order valence-corrected chi connectivity index (χ3v) is 2.34. The summed E-state index contributed by atoms with van der Waals surface area (Å²) in [7, 11) is 0. The van der Waals surface area contributed by atoms with Crippen molar-refractivity contribution in [3.05, 3.63) is 21.7 Å². The van der Waals surface area contributed by atoms with Crippen LogP contribution in [0.5, 0.6) is 0 Å². The van der Waals surface area contributed by atoms with Crippen LogP contribution in [0.1, 0.15) is 30.4 Å². The Bertz CT molecular complexity index is 328. The Labute approximate surface area is 78.1 Å². The monoisotopic (exact) mass is 182 g/mol. The zero-order valence-electron chi connectivity index (χ0n) is 7.77. The van der Waals surface area contributed by atoms with E-state index >= 15 is 0 Å². The van der Waals surface area contributed by atoms with E-state index in [2.05, 4.69) is 16.9 Å². The molecule has 66 valence electrons. The molecule has 1 aromatic heterocycles. The molecule has 0 radical (unpaired) electrons. The Morgan fingerprint density at radius 1 is 1.42 bits per heavy atom. The number of H-pyrrole nitrogens is 1. The average Bonchev–Trinajstić information content (AvgIpc) is 2.01. The molecule has 0 bridgehead atoms. The summed E-state index contributed by atoms with van der Waals surface area (Å²) in [5, 5.41) is 0. The van der Waals surface area contributed by atoms with E-state index in [0.717, 1.165) is 34.6 Å². The molecule has 0 atom stereocenters. The quantitative estimate of drug-likeness (QED) is 0.712. The van der Waals surface area contributed by atoms with Crippen molar-refractivity contribution in [1.82, 2.24) is 9.97 Å². The van der Waals surface area contributed by atoms with Crippen LogP contribution in [0, 0.1) is 18.5 Å². The number of rotatable bonds is 2. The SMILES string of the molecule is CCCc1nc(=S)c(C)c(C)[nH]1. The molecule has 0 aliphatic carbocycles. The lowest BCUT2D eigenvalue weighted by molar-refractivity contribution is 0.815. The van der Waals surface area contributed by atoms with Crippen molar-refractivity contribution in [2.45, 2.75) is 33.6 Å². The zero-order chi connectivity index (χ0) is 9.14. The van der Waals surface area contributed by atoms with Gasteiger partial charge in [-0.2, -0.15) is 0 Å². The van der Waals surface area contributed by atoms with Gasteiger partial charge in [-0.15, -0.1) is 0 Å². The van der Waals surface area contributed by atoms with Crippen molar-refractivity contribution < 1.29 is 0 Å². The molecular formula is C9H14N2S. The van der Waals surface area contributed by atoms with Crippen LogP contribution < -0.4 is 0 Å². The molecule has 1 heterocycles. The van der Waals surface area contributed by atoms with Crippen LogP contribution in [-0.4, -0.2) is 9.97 Å². The van der Waals surface area contributed by atoms with Crippen LogP contribution >= 0.6 is 12.2 Å². The summed E-state index contributed by atoms with van der Waals surface area (Å²) in [4.78, 5) is 7.52. The molecule has 1 aromatic rings. The fraction of sp³-hybridized carbons (Fsp3) is 0.556. The molecule has 0 aromatic carbocycles. The van der Waals surface area contributed by atoms with Gasteiger partial charge in [0.05, 0.1) is 0 Å². The standard InChI is InChI=1S/C9H14N2S/c1-4-5-8-10-7(3)6(2)9(12)11-8/h4-5H2,1-3H3,(H,10,11,12). The van der Waals surface area contributed by atoms with Crippen LogP contribution in [0.15, 0.2) is 0 Å². The molecule has 0 aliphatic rings. The number of aryl methyl sites for hydroxylation is 2. The lowest BCUT2D eigenvalue weighted by atomic mass is 10.2. The van der Waals surface area contributed by atoms with Crippen molar-refractivity contribution >= 4 is 12.2 Å². The Morgan fingerprint density at radius 2 is 2.08 bits per heavy atom. The van der Waals surface area contributed by atoms with Crippen LogP contribution in [-0.2, 0) is 6.42 Å². The molecule has 2 nitrogen and oxygen atoms in total. The minimum atomic E-state index is 0.731. The van der Waals surface area contributed by atoms with Gasteiger partial charge in [0.15, 0.2) is 0 Å². The van der Waals surface area contributed by atoms with Crippen LogP contribution in [0.2, 0.25) is 0 Å². The number of hydrogen-bond acceptors (Lipinski definition) is 2. The van der Waals surface area contributed by atoms with E-state index in [0.29, 0.717) is 0 Å². The van der Waals surface area contributed by atoms with Gasteiger partial charge in [0, 0.05) is 17.7 Å². The molecular weight excluding hydrogens is 168 g/mol. The second-order valence-electron chi connectivity index (χ2n) is 2.99. The van der Waals surface area contributed by atoms with Gasteiger partial charge in [0.1, 0.15) is 10.5 Å². The maximum Gasteiger partial charge on any atom is 0.132 e. The highest BCUT2D eigenvalue weighted by molar-refractivity contribution is 7.71. The van der Waals surface area contributed by atoms with Crippen LogP contribution in [0.25, 0.3) is 0 Å². The number of aromatic amines is 1. The molecule has 0 spiro atoms. The average molecular weight is 182 g/mol. The second kappa shape index (κ2) is 3.81. The van der Waals surface area contributed by atoms with Crippen molar-refractivity contribution in [2.24, 2.45) is 0 Å². The first-order chi connectivity index (χ1) is 5.65. The van der Waals surface area contributed by atoms with E-state index in [1.807, 2.05) is 13.8 Å². The Morgan fingerprint density at radius 3 is 2.58 bits per heavy atom. The Hall–Kier alpha value is -0.700. The first kappa shape index (κ1) is 9.39. The normalized spacial score (nSPS) is 10.2. The third kappa shape index (κ3) is 1.91. The predicted molar refractivity (Wildman–Crippen MR) is 52.9 cm³/mol. The summed E-state index contributed by atoms with van der Waals surface area (Å²) in [6, 6.07) is 0. The first-order valence-electron chi connectivity index (χ1n) is 4.21. The molecule has 0 fully saturated rings. The molecule has 3 heteroatoms. The van der Waals surface area contributed by atoms with Gasteiger partial charge in [-0.3, -0.25) is 0 Å². The highest BCUT2D eigenvalue weighted by Gasteiger charge is 1.99. The molecule has 1 rings (SSSR count). The summed E-state index contributed by atoms with van der Waals surface area (Å²) < 4.78 is 0.731. The molecule has 0 saturated heterocycles. The third-order valence-electron chi connectivity index (χ3n) is 1.94. The summed E-state index contributed by atoms with van der Waals surface area (Å²) >= 11 is 5.11. The van der Waals surface area contributed by atoms with E-state index in [1.54, 1.807) is 0 Å². The van der Waals surface area contributed by atoms with Gasteiger partial charge in [0.2, 0.25) is 0 Å². The largest absolute Gasteiger partial charge is 0.347 e. The van der Waals surface area contributed by atoms with E-state index < -0.39 is 0 Å². The molecule has 0 unspecified atom stereocenters. The smallest absolute Gasteiger partial charge is 0.132 e. The first-order valence-corrected chi connectivity index (χ1v) is 4.62. The minimum Gasteiger partial charge on any atom is -0.347 e. The van der Waals surface area contributed by atoms with Gasteiger partial charge in [-0.05, 0) is 20.3 Å². The lowest BCUT2D eigenvalue weighted by Crippen LogP contribution is -1.99. The van der Waals surface area contributed by atoms with E-state index in [-0.39, 0.29) is 0 Å². The highest BCUT2D eigenvalue weighted by Crippen LogP contribution is 2.05. The number of hydrogen-bond donors (Lipinski definition) is 1. The Balaban J connectivity index is 3.13. The van der Waals surface area contributed by atoms with Gasteiger partial charge in [0.25, 0.3) is 0 Å². The van der Waals surface area contributed by atoms with Crippen LogP contribution in [0.4, 0.5) is 0 Å². The van der Waals surface area contributed by atoms with Crippen molar-refractivity contribution in [3.63, 3.8) is 0 Å². The van der Waals surface area contributed by atoms with E-state index in [4.69, 9.17) is 12.2 Å². The predicted octanol–water partition coefficient (Wildman–Crippen LogP) is 2.71. The van der Waals surface area contributed by atoms with E-state index in [1.165, 1.54) is 0 Å². The maximum absolute atomic E-state index is 5.11. The fourth-order valence-electron chi connectivity index (χ4n) is 1.06. The molecule has 1 N–H and O–H groups in total. The fourth-order valence-corrected chi connectivity index (χ4v) is 1.32. The van der Waals surface area contributed by atoms with Gasteiger partial charge >= 0.3 is 0 Å². The summed E-state index contributed by atoms with van der Waals surface area (Å²) in [5.74, 6) is 1.01. The summed E-state index contributed by atoms with van der Waals surface area (Å²) in [5.41, 5.74) is 2.23. The Kier molecular flexibility index (Phi) is 2.98. The lowest BCUT2D eigenvalue weighted by Gasteiger charge is -2.03. The summed E-state index contributed by atoms with van der Waals surface area (Å²) in [6.45, 7) is 6.16. The summed E-state index contributed by atoms with van der Waals surface area (Å²) in [6.07, 6.45) is 2.07. The maximum atomic E-state index is 5.11. The van der Waals surface area contributed by atoms with Gasteiger partial charge < -0.3 is 4.98 Å². The molecule has 0 aliphatic heterocycles. The van der Waals surface area contributed by atoms with Crippen LogP contribution in [0.3, 0.4) is 0 Å². The van der Waals surface area contributed by atoms with Gasteiger partial charge in [-0.1, -0.05) is 19.1 Å². The number of nitrogens with one attached hydrogen (secondary N) is 1. The molecule has 12 heavy (non-hydrogen) atoms. The minimum absolute atomic E-state index is 0.731. The second-order valence-corrected chi connectivity index (χ2v) is 3.38.